The van der Waals surface area contributed by atoms with Crippen LogP contribution in [0, 0.1) is 0 Å². The van der Waals surface area contributed by atoms with Gasteiger partial charge < -0.3 is 10.2 Å². The van der Waals surface area contributed by atoms with Crippen molar-refractivity contribution in [3.8, 4) is 0 Å². The van der Waals surface area contributed by atoms with Crippen LogP contribution in [0.5, 0.6) is 0 Å². The third-order valence-corrected chi connectivity index (χ3v) is 4.43. The van der Waals surface area contributed by atoms with E-state index < -0.39 is 0 Å². The van der Waals surface area contributed by atoms with Crippen LogP contribution in [0.4, 0.5) is 0 Å². The van der Waals surface area contributed by atoms with E-state index in [1.54, 1.807) is 19.2 Å². The van der Waals surface area contributed by atoms with Crippen molar-refractivity contribution in [2.45, 2.75) is 6.04 Å². The van der Waals surface area contributed by atoms with Crippen LogP contribution >= 0.6 is 27.5 Å². The molecule has 0 aliphatic carbocycles. The SMILES string of the molecule is Cn1c(=O)oc2cc(C(N)c3cc(Cl)ccc3Br)ccc21. The van der Waals surface area contributed by atoms with Crippen molar-refractivity contribution in [1.29, 1.82) is 0 Å². The highest BCUT2D eigenvalue weighted by Crippen LogP contribution is 2.30. The van der Waals surface area contributed by atoms with E-state index in [0.717, 1.165) is 21.1 Å². The smallest absolute Gasteiger partial charge is 0.408 e. The standard InChI is InChI=1S/C15H12BrClN2O2/c1-19-12-5-2-8(6-13(12)21-15(19)20)14(18)10-7-9(17)3-4-11(10)16/h2-7,14H,18H2,1H3. The Kier molecular flexibility index (Phi) is 3.65. The van der Waals surface area contributed by atoms with Gasteiger partial charge in [0, 0.05) is 16.5 Å². The molecule has 1 heterocycles. The van der Waals surface area contributed by atoms with E-state index in [-0.39, 0.29) is 11.8 Å². The molecule has 0 fully saturated rings. The van der Waals surface area contributed by atoms with Gasteiger partial charge in [0.05, 0.1) is 11.6 Å². The summed E-state index contributed by atoms with van der Waals surface area (Å²) in [5.74, 6) is -0.389. The minimum atomic E-state index is -0.389. The highest BCUT2D eigenvalue weighted by molar-refractivity contribution is 9.10. The lowest BCUT2D eigenvalue weighted by Gasteiger charge is -2.14. The Morgan fingerprint density at radius 3 is 2.81 bits per heavy atom. The van der Waals surface area contributed by atoms with Crippen molar-refractivity contribution in [2.24, 2.45) is 12.8 Å². The number of hydrogen-bond acceptors (Lipinski definition) is 3. The Hall–Kier alpha value is -1.56. The minimum absolute atomic E-state index is 0.368. The molecule has 6 heteroatoms. The van der Waals surface area contributed by atoms with E-state index in [0.29, 0.717) is 10.6 Å². The molecule has 0 aliphatic rings. The first kappa shape index (κ1) is 14.4. The van der Waals surface area contributed by atoms with E-state index in [1.165, 1.54) is 4.57 Å². The number of nitrogens with zero attached hydrogens (tertiary/aromatic N) is 1. The van der Waals surface area contributed by atoms with Crippen LogP contribution in [0.1, 0.15) is 17.2 Å². The molecule has 0 bridgehead atoms. The summed E-state index contributed by atoms with van der Waals surface area (Å²) in [7, 11) is 1.67. The summed E-state index contributed by atoms with van der Waals surface area (Å²) in [6.07, 6.45) is 0. The van der Waals surface area contributed by atoms with E-state index in [1.807, 2.05) is 24.3 Å². The number of aromatic nitrogens is 1. The lowest BCUT2D eigenvalue weighted by atomic mass is 9.99. The Balaban J connectivity index is 2.11. The van der Waals surface area contributed by atoms with Crippen molar-refractivity contribution < 1.29 is 4.42 Å². The monoisotopic (exact) mass is 366 g/mol. The summed E-state index contributed by atoms with van der Waals surface area (Å²) in [5, 5.41) is 0.621. The van der Waals surface area contributed by atoms with Crippen LogP contribution in [0.15, 0.2) is 50.1 Å². The summed E-state index contributed by atoms with van der Waals surface area (Å²) < 4.78 is 7.54. The summed E-state index contributed by atoms with van der Waals surface area (Å²) in [5.41, 5.74) is 9.29. The van der Waals surface area contributed by atoms with Crippen molar-refractivity contribution in [3.05, 3.63) is 67.6 Å². The number of nitrogens with two attached hydrogens (primary N) is 1. The molecule has 0 aliphatic heterocycles. The van der Waals surface area contributed by atoms with Gasteiger partial charge in [0.1, 0.15) is 0 Å². The molecule has 1 aromatic heterocycles. The van der Waals surface area contributed by atoms with Crippen LogP contribution < -0.4 is 11.5 Å². The minimum Gasteiger partial charge on any atom is -0.408 e. The van der Waals surface area contributed by atoms with Crippen LogP contribution in [-0.2, 0) is 7.05 Å². The Morgan fingerprint density at radius 2 is 2.05 bits per heavy atom. The quantitative estimate of drug-likeness (QED) is 0.753. The number of hydrogen-bond donors (Lipinski definition) is 1. The van der Waals surface area contributed by atoms with Gasteiger partial charge in [0.15, 0.2) is 5.58 Å². The first-order valence-corrected chi connectivity index (χ1v) is 7.44. The van der Waals surface area contributed by atoms with Gasteiger partial charge in [0.25, 0.3) is 0 Å². The zero-order valence-corrected chi connectivity index (χ0v) is 13.5. The van der Waals surface area contributed by atoms with Crippen molar-refractivity contribution in [3.63, 3.8) is 0 Å². The number of rotatable bonds is 2. The second-order valence-electron chi connectivity index (χ2n) is 4.80. The van der Waals surface area contributed by atoms with Crippen LogP contribution in [0.2, 0.25) is 5.02 Å². The fourth-order valence-electron chi connectivity index (χ4n) is 2.28. The van der Waals surface area contributed by atoms with Gasteiger partial charge in [-0.1, -0.05) is 33.6 Å². The lowest BCUT2D eigenvalue weighted by Crippen LogP contribution is -2.12. The first-order chi connectivity index (χ1) is 9.97. The highest BCUT2D eigenvalue weighted by Gasteiger charge is 2.15. The summed E-state index contributed by atoms with van der Waals surface area (Å²) in [6.45, 7) is 0. The molecule has 4 nitrogen and oxygen atoms in total. The van der Waals surface area contributed by atoms with Crippen LogP contribution in [0.25, 0.3) is 11.1 Å². The molecule has 0 saturated heterocycles. The third kappa shape index (κ3) is 2.52. The molecular weight excluding hydrogens is 356 g/mol. The number of halogens is 2. The number of oxazole rings is 1. The maximum atomic E-state index is 11.5. The average Bonchev–Trinajstić information content (AvgIpc) is 2.75. The molecule has 21 heavy (non-hydrogen) atoms. The van der Waals surface area contributed by atoms with E-state index in [9.17, 15) is 4.79 Å². The van der Waals surface area contributed by atoms with Gasteiger partial charge in [-0.05, 0) is 41.5 Å². The summed E-state index contributed by atoms with van der Waals surface area (Å²) in [4.78, 5) is 11.5. The van der Waals surface area contributed by atoms with Gasteiger partial charge in [-0.25, -0.2) is 4.79 Å². The second kappa shape index (κ2) is 5.33. The predicted molar refractivity (Wildman–Crippen MR) is 86.6 cm³/mol. The molecule has 2 N–H and O–H groups in total. The van der Waals surface area contributed by atoms with Crippen molar-refractivity contribution >= 4 is 38.6 Å². The fraction of sp³-hybridized carbons (Fsp3) is 0.133. The second-order valence-corrected chi connectivity index (χ2v) is 6.09. The highest BCUT2D eigenvalue weighted by atomic mass is 79.9. The first-order valence-electron chi connectivity index (χ1n) is 6.27. The molecule has 3 aromatic rings. The van der Waals surface area contributed by atoms with Gasteiger partial charge in [-0.2, -0.15) is 0 Å². The van der Waals surface area contributed by atoms with E-state index in [2.05, 4.69) is 15.9 Å². The number of benzene rings is 2. The fourth-order valence-corrected chi connectivity index (χ4v) is 2.95. The maximum Gasteiger partial charge on any atom is 0.419 e. The molecule has 1 unspecified atom stereocenters. The molecule has 108 valence electrons. The van der Waals surface area contributed by atoms with Crippen molar-refractivity contribution in [1.82, 2.24) is 4.57 Å². The summed E-state index contributed by atoms with van der Waals surface area (Å²) >= 11 is 9.51. The molecule has 0 spiro atoms. The molecule has 0 amide bonds. The van der Waals surface area contributed by atoms with Gasteiger partial charge >= 0.3 is 5.76 Å². The average molecular weight is 368 g/mol. The molecule has 3 rings (SSSR count). The van der Waals surface area contributed by atoms with Crippen LogP contribution in [0.3, 0.4) is 0 Å². The molecular formula is C15H12BrClN2O2. The summed E-state index contributed by atoms with van der Waals surface area (Å²) in [6, 6.07) is 10.6. The maximum absolute atomic E-state index is 11.5. The topological polar surface area (TPSA) is 61.2 Å². The van der Waals surface area contributed by atoms with Gasteiger partial charge in [-0.15, -0.1) is 0 Å². The lowest BCUT2D eigenvalue weighted by molar-refractivity contribution is 0.527. The third-order valence-electron chi connectivity index (χ3n) is 3.47. The Bertz CT molecular complexity index is 885. The molecule has 2 aromatic carbocycles. The van der Waals surface area contributed by atoms with E-state index in [4.69, 9.17) is 21.8 Å². The van der Waals surface area contributed by atoms with Crippen LogP contribution in [-0.4, -0.2) is 4.57 Å². The Morgan fingerprint density at radius 1 is 1.29 bits per heavy atom. The zero-order valence-electron chi connectivity index (χ0n) is 11.1. The van der Waals surface area contributed by atoms with Gasteiger partial charge in [0.2, 0.25) is 0 Å². The number of fused-ring (bicyclic) bond motifs is 1. The molecule has 0 radical (unpaired) electrons. The predicted octanol–water partition coefficient (Wildman–Crippen LogP) is 3.60. The Labute approximate surface area is 134 Å². The molecule has 0 saturated carbocycles. The molecule has 1 atom stereocenters. The largest absolute Gasteiger partial charge is 0.419 e. The van der Waals surface area contributed by atoms with E-state index >= 15 is 0 Å². The normalized spacial score (nSPS) is 12.8. The zero-order chi connectivity index (χ0) is 15.1. The number of aryl methyl sites for hydroxylation is 1. The van der Waals surface area contributed by atoms with Gasteiger partial charge in [-0.3, -0.25) is 4.57 Å². The van der Waals surface area contributed by atoms with Crippen molar-refractivity contribution in [2.75, 3.05) is 0 Å².